The summed E-state index contributed by atoms with van der Waals surface area (Å²) in [6, 6.07) is 15.7. The number of aromatic nitrogens is 2. The van der Waals surface area contributed by atoms with Gasteiger partial charge in [-0.15, -0.1) is 0 Å². The van der Waals surface area contributed by atoms with Crippen molar-refractivity contribution in [3.05, 3.63) is 81.6 Å². The number of carbonyl (C=O) groups is 2. The molecule has 0 aliphatic heterocycles. The van der Waals surface area contributed by atoms with Gasteiger partial charge in [0.05, 0.1) is 17.8 Å². The van der Waals surface area contributed by atoms with Crippen LogP contribution < -0.4 is 10.6 Å². The van der Waals surface area contributed by atoms with Gasteiger partial charge < -0.3 is 10.6 Å². The van der Waals surface area contributed by atoms with Crippen LogP contribution >= 0.6 is 11.6 Å². The van der Waals surface area contributed by atoms with E-state index in [1.807, 2.05) is 55.5 Å². The van der Waals surface area contributed by atoms with Crippen LogP contribution in [0.5, 0.6) is 0 Å². The van der Waals surface area contributed by atoms with E-state index >= 15 is 0 Å². The quantitative estimate of drug-likeness (QED) is 0.500. The number of carbonyl (C=O) groups excluding carboxylic acids is 2. The van der Waals surface area contributed by atoms with Crippen molar-refractivity contribution < 1.29 is 9.59 Å². The molecule has 172 valence electrons. The zero-order valence-corrected chi connectivity index (χ0v) is 19.8. The molecule has 0 saturated heterocycles. The number of aryl methyl sites for hydroxylation is 2. The summed E-state index contributed by atoms with van der Waals surface area (Å²) < 4.78 is 1.65. The van der Waals surface area contributed by atoms with Crippen LogP contribution in [-0.4, -0.2) is 21.6 Å². The maximum absolute atomic E-state index is 12.9. The fourth-order valence-corrected chi connectivity index (χ4v) is 4.56. The first kappa shape index (κ1) is 23.1. The molecule has 3 aromatic rings. The molecule has 6 nitrogen and oxygen atoms in total. The Kier molecular flexibility index (Phi) is 7.14. The number of rotatable bonds is 7. The molecule has 1 saturated carbocycles. The molecule has 0 atom stereocenters. The Balaban J connectivity index is 1.39. The SMILES string of the molecule is Cc1ccc(Cn2nc(C)c(C(=O)NCc3cccc(NC(=O)C4CCCC4)c3)c2Cl)cc1. The van der Waals surface area contributed by atoms with Crippen LogP contribution in [0.25, 0.3) is 0 Å². The van der Waals surface area contributed by atoms with E-state index in [1.165, 1.54) is 5.56 Å². The van der Waals surface area contributed by atoms with Gasteiger partial charge in [0.2, 0.25) is 5.91 Å². The third-order valence-corrected chi connectivity index (χ3v) is 6.50. The van der Waals surface area contributed by atoms with Gasteiger partial charge >= 0.3 is 0 Å². The average molecular weight is 465 g/mol. The molecule has 4 rings (SSSR count). The van der Waals surface area contributed by atoms with Gasteiger partial charge in [0.1, 0.15) is 5.15 Å². The summed E-state index contributed by atoms with van der Waals surface area (Å²) in [5, 5.41) is 10.7. The molecule has 0 radical (unpaired) electrons. The van der Waals surface area contributed by atoms with Gasteiger partial charge in [0, 0.05) is 18.2 Å². The molecule has 2 N–H and O–H groups in total. The molecule has 7 heteroatoms. The highest BCUT2D eigenvalue weighted by Gasteiger charge is 2.23. The van der Waals surface area contributed by atoms with E-state index in [0.717, 1.165) is 42.5 Å². The van der Waals surface area contributed by atoms with E-state index < -0.39 is 0 Å². The number of halogens is 1. The monoisotopic (exact) mass is 464 g/mol. The zero-order valence-electron chi connectivity index (χ0n) is 19.0. The highest BCUT2D eigenvalue weighted by molar-refractivity contribution is 6.33. The number of hydrogen-bond acceptors (Lipinski definition) is 3. The third-order valence-electron chi connectivity index (χ3n) is 6.12. The lowest BCUT2D eigenvalue weighted by Gasteiger charge is -2.12. The number of hydrogen-bond donors (Lipinski definition) is 2. The van der Waals surface area contributed by atoms with E-state index in [4.69, 9.17) is 11.6 Å². The van der Waals surface area contributed by atoms with Gasteiger partial charge in [-0.25, -0.2) is 4.68 Å². The van der Waals surface area contributed by atoms with Gasteiger partial charge in [-0.05, 0) is 49.9 Å². The van der Waals surface area contributed by atoms with Crippen molar-refractivity contribution >= 4 is 29.1 Å². The molecular weight excluding hydrogens is 436 g/mol. The molecule has 0 spiro atoms. The van der Waals surface area contributed by atoms with Crippen molar-refractivity contribution in [3.8, 4) is 0 Å². The standard InChI is InChI=1S/C26H29ClN4O2/c1-17-10-12-19(13-11-17)16-31-24(27)23(18(2)30-31)26(33)28-15-20-6-5-9-22(14-20)29-25(32)21-7-3-4-8-21/h5-6,9-14,21H,3-4,7-8,15-16H2,1-2H3,(H,28,33)(H,29,32). The van der Waals surface area contributed by atoms with Crippen LogP contribution in [0.4, 0.5) is 5.69 Å². The summed E-state index contributed by atoms with van der Waals surface area (Å²) in [4.78, 5) is 25.3. The maximum Gasteiger partial charge on any atom is 0.256 e. The smallest absolute Gasteiger partial charge is 0.256 e. The summed E-state index contributed by atoms with van der Waals surface area (Å²) >= 11 is 6.52. The Morgan fingerprint density at radius 3 is 2.52 bits per heavy atom. The van der Waals surface area contributed by atoms with Crippen LogP contribution in [0.2, 0.25) is 5.15 Å². The minimum atomic E-state index is -0.270. The Bertz CT molecular complexity index is 1150. The second kappa shape index (κ2) is 10.2. The second-order valence-electron chi connectivity index (χ2n) is 8.75. The predicted molar refractivity (Wildman–Crippen MR) is 130 cm³/mol. The first-order valence-electron chi connectivity index (χ1n) is 11.4. The summed E-state index contributed by atoms with van der Waals surface area (Å²) in [5.74, 6) is -0.0833. The first-order valence-corrected chi connectivity index (χ1v) is 11.7. The predicted octanol–water partition coefficient (Wildman–Crippen LogP) is 5.26. The fourth-order valence-electron chi connectivity index (χ4n) is 4.24. The zero-order chi connectivity index (χ0) is 23.4. The number of amides is 2. The van der Waals surface area contributed by atoms with Gasteiger partial charge in [0.25, 0.3) is 5.91 Å². The molecule has 1 aliphatic rings. The lowest BCUT2D eigenvalue weighted by Crippen LogP contribution is -2.24. The minimum Gasteiger partial charge on any atom is -0.348 e. The van der Waals surface area contributed by atoms with Crippen molar-refractivity contribution in [2.75, 3.05) is 5.32 Å². The number of nitrogens with zero attached hydrogens (tertiary/aromatic N) is 2. The van der Waals surface area contributed by atoms with Crippen molar-refractivity contribution in [1.29, 1.82) is 0 Å². The molecule has 1 aromatic heterocycles. The molecule has 33 heavy (non-hydrogen) atoms. The summed E-state index contributed by atoms with van der Waals surface area (Å²) in [6.07, 6.45) is 4.15. The van der Waals surface area contributed by atoms with Gasteiger partial charge in [-0.1, -0.05) is 66.4 Å². The van der Waals surface area contributed by atoms with E-state index in [-0.39, 0.29) is 17.7 Å². The fraction of sp³-hybridized carbons (Fsp3) is 0.346. The topological polar surface area (TPSA) is 76.0 Å². The number of benzene rings is 2. The van der Waals surface area contributed by atoms with Gasteiger partial charge in [-0.2, -0.15) is 5.10 Å². The van der Waals surface area contributed by atoms with E-state index in [0.29, 0.717) is 29.5 Å². The lowest BCUT2D eigenvalue weighted by molar-refractivity contribution is -0.119. The molecule has 1 fully saturated rings. The third kappa shape index (κ3) is 5.63. The van der Waals surface area contributed by atoms with Crippen LogP contribution in [0.15, 0.2) is 48.5 Å². The molecule has 0 unspecified atom stereocenters. The summed E-state index contributed by atoms with van der Waals surface area (Å²) in [5.41, 5.74) is 4.86. The van der Waals surface area contributed by atoms with Gasteiger partial charge in [0.15, 0.2) is 0 Å². The normalized spacial score (nSPS) is 13.8. The summed E-state index contributed by atoms with van der Waals surface area (Å²) in [6.45, 7) is 4.64. The Morgan fingerprint density at radius 2 is 1.79 bits per heavy atom. The van der Waals surface area contributed by atoms with Gasteiger partial charge in [-0.3, -0.25) is 9.59 Å². The highest BCUT2D eigenvalue weighted by Crippen LogP contribution is 2.26. The van der Waals surface area contributed by atoms with E-state index in [9.17, 15) is 9.59 Å². The highest BCUT2D eigenvalue weighted by atomic mass is 35.5. The Morgan fingerprint density at radius 1 is 1.06 bits per heavy atom. The summed E-state index contributed by atoms with van der Waals surface area (Å²) in [7, 11) is 0. The number of nitrogens with one attached hydrogen (secondary N) is 2. The van der Waals surface area contributed by atoms with Crippen molar-refractivity contribution in [1.82, 2.24) is 15.1 Å². The lowest BCUT2D eigenvalue weighted by atomic mass is 10.1. The Labute approximate surface area is 199 Å². The molecule has 2 aromatic carbocycles. The van der Waals surface area contributed by atoms with E-state index in [2.05, 4.69) is 15.7 Å². The number of anilines is 1. The molecular formula is C26H29ClN4O2. The van der Waals surface area contributed by atoms with Crippen molar-refractivity contribution in [2.45, 2.75) is 52.6 Å². The van der Waals surface area contributed by atoms with Crippen molar-refractivity contribution in [2.24, 2.45) is 5.92 Å². The van der Waals surface area contributed by atoms with Crippen LogP contribution in [-0.2, 0) is 17.9 Å². The van der Waals surface area contributed by atoms with Crippen LogP contribution in [0.3, 0.4) is 0 Å². The molecule has 2 amide bonds. The Hall–Kier alpha value is -3.12. The molecule has 1 aliphatic carbocycles. The maximum atomic E-state index is 12.9. The van der Waals surface area contributed by atoms with Crippen LogP contribution in [0.1, 0.15) is 58.4 Å². The first-order chi connectivity index (χ1) is 15.9. The average Bonchev–Trinajstić information content (AvgIpc) is 3.43. The van der Waals surface area contributed by atoms with Crippen molar-refractivity contribution in [3.63, 3.8) is 0 Å². The second-order valence-corrected chi connectivity index (χ2v) is 9.11. The minimum absolute atomic E-state index is 0.0806. The van der Waals surface area contributed by atoms with Crippen LogP contribution in [0, 0.1) is 19.8 Å². The molecule has 1 heterocycles. The molecule has 0 bridgehead atoms. The van der Waals surface area contributed by atoms with E-state index in [1.54, 1.807) is 11.6 Å². The largest absolute Gasteiger partial charge is 0.348 e.